The summed E-state index contributed by atoms with van der Waals surface area (Å²) in [5, 5.41) is 3.60. The number of hydrogen-bond donors (Lipinski definition) is 1. The van der Waals surface area contributed by atoms with E-state index in [4.69, 9.17) is 23.2 Å². The van der Waals surface area contributed by atoms with Crippen LogP contribution in [0.4, 0.5) is 15.9 Å². The molecule has 1 aromatic carbocycles. The Balaban J connectivity index is 2.40. The van der Waals surface area contributed by atoms with E-state index in [9.17, 15) is 4.39 Å². The molecule has 0 aliphatic heterocycles. The number of benzene rings is 1. The average molecular weight is 379 g/mol. The van der Waals surface area contributed by atoms with Gasteiger partial charge in [0.15, 0.2) is 0 Å². The Bertz CT molecular complexity index is 627. The second-order valence-corrected chi connectivity index (χ2v) is 6.11. The first-order valence-corrected chi connectivity index (χ1v) is 7.37. The minimum Gasteiger partial charge on any atom is -0.338 e. The largest absolute Gasteiger partial charge is 0.338 e. The molecule has 106 valence electrons. The van der Waals surface area contributed by atoms with Gasteiger partial charge >= 0.3 is 0 Å². The Kier molecular flexibility index (Phi) is 4.83. The van der Waals surface area contributed by atoms with Gasteiger partial charge in [-0.05, 0) is 28.1 Å². The number of rotatable bonds is 3. The predicted molar refractivity (Wildman–Crippen MR) is 83.5 cm³/mol. The van der Waals surface area contributed by atoms with Crippen molar-refractivity contribution in [3.63, 3.8) is 0 Å². The zero-order chi connectivity index (χ0) is 14.9. The van der Waals surface area contributed by atoms with Crippen LogP contribution in [0.2, 0.25) is 10.2 Å². The molecule has 3 nitrogen and oxygen atoms in total. The highest BCUT2D eigenvalue weighted by molar-refractivity contribution is 9.10. The Labute approximate surface area is 134 Å². The first kappa shape index (κ1) is 15.5. The monoisotopic (exact) mass is 377 g/mol. The van der Waals surface area contributed by atoms with Crippen molar-refractivity contribution >= 4 is 50.6 Å². The molecule has 2 aromatic rings. The van der Waals surface area contributed by atoms with Gasteiger partial charge in [0.2, 0.25) is 0 Å². The molecule has 0 bridgehead atoms. The van der Waals surface area contributed by atoms with Crippen molar-refractivity contribution in [3.8, 4) is 0 Å². The summed E-state index contributed by atoms with van der Waals surface area (Å²) in [5.41, 5.74) is 0.525. The van der Waals surface area contributed by atoms with Crippen LogP contribution in [0.1, 0.15) is 25.6 Å². The molecule has 2 rings (SSSR count). The third-order valence-corrected chi connectivity index (χ3v) is 3.61. The minimum atomic E-state index is -0.420. The van der Waals surface area contributed by atoms with E-state index in [1.165, 1.54) is 12.1 Å². The Morgan fingerprint density at radius 1 is 1.20 bits per heavy atom. The molecule has 0 atom stereocenters. The Hall–Kier alpha value is -0.910. The maximum absolute atomic E-state index is 13.2. The number of halogens is 4. The van der Waals surface area contributed by atoms with Crippen LogP contribution in [-0.2, 0) is 0 Å². The van der Waals surface area contributed by atoms with E-state index in [1.807, 2.05) is 13.8 Å². The zero-order valence-electron chi connectivity index (χ0n) is 10.7. The smallest absolute Gasteiger partial charge is 0.135 e. The van der Waals surface area contributed by atoms with Crippen molar-refractivity contribution in [2.24, 2.45) is 0 Å². The Morgan fingerprint density at radius 2 is 1.90 bits per heavy atom. The molecular weight excluding hydrogens is 368 g/mol. The summed E-state index contributed by atoms with van der Waals surface area (Å²) in [7, 11) is 0. The molecule has 1 heterocycles. The molecule has 1 N–H and O–H groups in total. The molecule has 0 radical (unpaired) electrons. The molecule has 0 spiro atoms. The third kappa shape index (κ3) is 3.59. The Morgan fingerprint density at radius 3 is 2.50 bits per heavy atom. The van der Waals surface area contributed by atoms with E-state index in [0.29, 0.717) is 27.0 Å². The van der Waals surface area contributed by atoms with Gasteiger partial charge in [-0.15, -0.1) is 0 Å². The lowest BCUT2D eigenvalue weighted by Crippen LogP contribution is -2.03. The summed E-state index contributed by atoms with van der Waals surface area (Å²) in [6, 6.07) is 4.13. The molecular formula is C13H11BrCl2FN3. The van der Waals surface area contributed by atoms with Crippen LogP contribution in [0.5, 0.6) is 0 Å². The van der Waals surface area contributed by atoms with Gasteiger partial charge in [-0.1, -0.05) is 37.0 Å². The van der Waals surface area contributed by atoms with Gasteiger partial charge in [-0.25, -0.2) is 14.4 Å². The van der Waals surface area contributed by atoms with Gasteiger partial charge < -0.3 is 5.32 Å². The summed E-state index contributed by atoms with van der Waals surface area (Å²) < 4.78 is 13.7. The lowest BCUT2D eigenvalue weighted by Gasteiger charge is -2.12. The molecule has 0 saturated heterocycles. The fourth-order valence-electron chi connectivity index (χ4n) is 1.55. The number of aromatic nitrogens is 2. The molecule has 0 amide bonds. The van der Waals surface area contributed by atoms with Crippen LogP contribution in [0.25, 0.3) is 0 Å². The van der Waals surface area contributed by atoms with Crippen LogP contribution in [-0.4, -0.2) is 9.97 Å². The van der Waals surface area contributed by atoms with Crippen molar-refractivity contribution < 1.29 is 4.39 Å². The van der Waals surface area contributed by atoms with E-state index in [0.717, 1.165) is 0 Å². The molecule has 7 heteroatoms. The highest BCUT2D eigenvalue weighted by Crippen LogP contribution is 2.34. The summed E-state index contributed by atoms with van der Waals surface area (Å²) in [4.78, 5) is 8.50. The van der Waals surface area contributed by atoms with E-state index >= 15 is 0 Å². The number of hydrogen-bond acceptors (Lipinski definition) is 3. The van der Waals surface area contributed by atoms with E-state index in [-0.39, 0.29) is 10.9 Å². The van der Waals surface area contributed by atoms with E-state index in [1.54, 1.807) is 6.07 Å². The van der Waals surface area contributed by atoms with Gasteiger partial charge in [0.05, 0.1) is 10.7 Å². The molecule has 0 fully saturated rings. The third-order valence-electron chi connectivity index (χ3n) is 2.49. The van der Waals surface area contributed by atoms with Crippen molar-refractivity contribution in [1.29, 1.82) is 0 Å². The maximum Gasteiger partial charge on any atom is 0.135 e. The van der Waals surface area contributed by atoms with Gasteiger partial charge in [0.1, 0.15) is 22.6 Å². The summed E-state index contributed by atoms with van der Waals surface area (Å²) in [5.74, 6) is 0.842. The van der Waals surface area contributed by atoms with Crippen LogP contribution in [0.15, 0.2) is 22.7 Å². The van der Waals surface area contributed by atoms with Gasteiger partial charge in [0, 0.05) is 16.5 Å². The lowest BCUT2D eigenvalue weighted by molar-refractivity contribution is 0.627. The van der Waals surface area contributed by atoms with Crippen LogP contribution >= 0.6 is 39.1 Å². The maximum atomic E-state index is 13.2. The standard InChI is InChI=1S/C13H11BrCl2FN3/c1-6(2)13-18-10(16)5-11(20-13)19-12-8(14)3-7(17)4-9(12)15/h3-6H,1-2H3,(H,18,19,20). The second kappa shape index (κ2) is 6.24. The first-order valence-electron chi connectivity index (χ1n) is 5.83. The van der Waals surface area contributed by atoms with Crippen LogP contribution in [0.3, 0.4) is 0 Å². The van der Waals surface area contributed by atoms with E-state index < -0.39 is 5.82 Å². The molecule has 1 aromatic heterocycles. The summed E-state index contributed by atoms with van der Waals surface area (Å²) >= 11 is 15.2. The van der Waals surface area contributed by atoms with Crippen molar-refractivity contribution in [1.82, 2.24) is 9.97 Å². The van der Waals surface area contributed by atoms with E-state index in [2.05, 4.69) is 31.2 Å². The number of anilines is 2. The number of nitrogens with one attached hydrogen (secondary N) is 1. The normalized spacial score (nSPS) is 10.9. The van der Waals surface area contributed by atoms with Crippen molar-refractivity contribution in [3.05, 3.63) is 44.5 Å². The number of nitrogens with zero attached hydrogens (tertiary/aromatic N) is 2. The topological polar surface area (TPSA) is 37.8 Å². The fourth-order valence-corrected chi connectivity index (χ4v) is 2.64. The van der Waals surface area contributed by atoms with Crippen LogP contribution in [0, 0.1) is 5.82 Å². The molecule has 0 saturated carbocycles. The summed E-state index contributed by atoms with van der Waals surface area (Å²) in [6.07, 6.45) is 0. The quantitative estimate of drug-likeness (QED) is 0.711. The average Bonchev–Trinajstić information content (AvgIpc) is 2.33. The highest BCUT2D eigenvalue weighted by Gasteiger charge is 2.12. The fraction of sp³-hybridized carbons (Fsp3) is 0.231. The van der Waals surface area contributed by atoms with Gasteiger partial charge in [-0.3, -0.25) is 0 Å². The molecule has 0 unspecified atom stereocenters. The minimum absolute atomic E-state index is 0.140. The van der Waals surface area contributed by atoms with Crippen molar-refractivity contribution in [2.75, 3.05) is 5.32 Å². The first-order chi connectivity index (χ1) is 9.36. The van der Waals surface area contributed by atoms with Crippen molar-refractivity contribution in [2.45, 2.75) is 19.8 Å². The molecule has 0 aliphatic carbocycles. The second-order valence-electron chi connectivity index (χ2n) is 4.46. The zero-order valence-corrected chi connectivity index (χ0v) is 13.8. The lowest BCUT2D eigenvalue weighted by atomic mass is 10.2. The highest BCUT2D eigenvalue weighted by atomic mass is 79.9. The van der Waals surface area contributed by atoms with Gasteiger partial charge in [0.25, 0.3) is 0 Å². The molecule has 20 heavy (non-hydrogen) atoms. The van der Waals surface area contributed by atoms with Gasteiger partial charge in [-0.2, -0.15) is 0 Å². The predicted octanol–water partition coefficient (Wildman–Crippen LogP) is 5.55. The van der Waals surface area contributed by atoms with Crippen LogP contribution < -0.4 is 5.32 Å². The SMILES string of the molecule is CC(C)c1nc(Cl)cc(Nc2c(Cl)cc(F)cc2Br)n1. The molecule has 0 aliphatic rings. The summed E-state index contributed by atoms with van der Waals surface area (Å²) in [6.45, 7) is 3.94.